The molecule has 0 saturated heterocycles. The van der Waals surface area contributed by atoms with Gasteiger partial charge in [-0.2, -0.15) is 9.36 Å². The molecule has 0 saturated carbocycles. The molecule has 1 aromatic carbocycles. The Balaban J connectivity index is 1.63. The molecular formula is C19H17N3O2S2. The molecular weight excluding hydrogens is 366 g/mol. The monoisotopic (exact) mass is 383 g/mol. The van der Waals surface area contributed by atoms with Crippen LogP contribution in [0.2, 0.25) is 0 Å². The Morgan fingerprint density at radius 3 is 2.69 bits per heavy atom. The second-order valence-electron chi connectivity index (χ2n) is 6.30. The van der Waals surface area contributed by atoms with E-state index in [4.69, 9.17) is 4.42 Å². The lowest BCUT2D eigenvalue weighted by Gasteiger charge is -1.99. The molecule has 26 heavy (non-hydrogen) atoms. The minimum Gasteiger partial charge on any atom is -0.451 e. The molecule has 0 atom stereocenters. The summed E-state index contributed by atoms with van der Waals surface area (Å²) in [5.41, 5.74) is 3.79. The molecule has 5 nitrogen and oxygen atoms in total. The minimum absolute atomic E-state index is 0.305. The van der Waals surface area contributed by atoms with Crippen LogP contribution in [0.1, 0.15) is 32.1 Å². The average molecular weight is 383 g/mol. The van der Waals surface area contributed by atoms with Crippen molar-refractivity contribution < 1.29 is 9.21 Å². The van der Waals surface area contributed by atoms with Gasteiger partial charge in [-0.05, 0) is 57.0 Å². The molecule has 0 bridgehead atoms. The Kier molecular flexibility index (Phi) is 4.13. The Morgan fingerprint density at radius 1 is 1.15 bits per heavy atom. The zero-order chi connectivity index (χ0) is 18.4. The second-order valence-corrected chi connectivity index (χ2v) is 8.34. The van der Waals surface area contributed by atoms with Crippen molar-refractivity contribution in [2.45, 2.75) is 27.7 Å². The number of hydrogen-bond donors (Lipinski definition) is 1. The highest BCUT2D eigenvalue weighted by atomic mass is 32.1. The van der Waals surface area contributed by atoms with E-state index in [1.807, 2.05) is 45.9 Å². The van der Waals surface area contributed by atoms with Crippen molar-refractivity contribution in [2.24, 2.45) is 0 Å². The summed E-state index contributed by atoms with van der Waals surface area (Å²) >= 11 is 2.80. The van der Waals surface area contributed by atoms with Gasteiger partial charge in [-0.1, -0.05) is 6.07 Å². The summed E-state index contributed by atoms with van der Waals surface area (Å²) in [6, 6.07) is 8.06. The van der Waals surface area contributed by atoms with E-state index in [-0.39, 0.29) is 5.91 Å². The van der Waals surface area contributed by atoms with Gasteiger partial charge in [-0.25, -0.2) is 0 Å². The van der Waals surface area contributed by atoms with E-state index < -0.39 is 0 Å². The molecule has 0 spiro atoms. The maximum atomic E-state index is 12.7. The number of nitrogens with one attached hydrogen (secondary N) is 1. The maximum absolute atomic E-state index is 12.7. The highest BCUT2D eigenvalue weighted by Gasteiger charge is 2.20. The lowest BCUT2D eigenvalue weighted by Crippen LogP contribution is -2.11. The molecule has 3 heterocycles. The first-order valence-electron chi connectivity index (χ1n) is 8.14. The lowest BCUT2D eigenvalue weighted by atomic mass is 10.0. The fourth-order valence-electron chi connectivity index (χ4n) is 3.09. The summed E-state index contributed by atoms with van der Waals surface area (Å²) in [6.07, 6.45) is 0. The molecule has 0 unspecified atom stereocenters. The zero-order valence-electron chi connectivity index (χ0n) is 14.8. The molecule has 0 aliphatic heterocycles. The van der Waals surface area contributed by atoms with Gasteiger partial charge in [0.15, 0.2) is 11.6 Å². The smallest absolute Gasteiger partial charge is 0.293 e. The molecule has 4 aromatic rings. The van der Waals surface area contributed by atoms with Crippen LogP contribution in [0.3, 0.4) is 0 Å². The van der Waals surface area contributed by atoms with Crippen LogP contribution in [0.5, 0.6) is 0 Å². The first-order valence-corrected chi connectivity index (χ1v) is 9.73. The standard InChI is InChI=1S/C19H17N3O2S2/c1-9-7-10(2)15-12(4)16(24-13(15)8-9)18(23)21-19-20-17(22-26-19)14-6-5-11(3)25-14/h5-8H,1-4H3,(H,20,21,22,23). The number of fused-ring (bicyclic) bond motifs is 1. The van der Waals surface area contributed by atoms with Gasteiger partial charge in [0.05, 0.1) is 4.88 Å². The van der Waals surface area contributed by atoms with Crippen LogP contribution in [0, 0.1) is 27.7 Å². The quantitative estimate of drug-likeness (QED) is 0.507. The fraction of sp³-hybridized carbons (Fsp3) is 0.211. The Hall–Kier alpha value is -2.51. The molecule has 1 N–H and O–H groups in total. The van der Waals surface area contributed by atoms with Gasteiger partial charge in [0.25, 0.3) is 5.91 Å². The van der Waals surface area contributed by atoms with Crippen molar-refractivity contribution in [1.29, 1.82) is 0 Å². The van der Waals surface area contributed by atoms with Crippen molar-refractivity contribution in [3.8, 4) is 10.7 Å². The van der Waals surface area contributed by atoms with Crippen LogP contribution in [-0.4, -0.2) is 15.3 Å². The number of carbonyl (C=O) groups is 1. The normalized spacial score (nSPS) is 11.2. The number of anilines is 1. The van der Waals surface area contributed by atoms with Gasteiger partial charge < -0.3 is 4.42 Å². The number of nitrogens with zero attached hydrogens (tertiary/aromatic N) is 2. The summed E-state index contributed by atoms with van der Waals surface area (Å²) in [6.45, 7) is 7.99. The number of benzene rings is 1. The van der Waals surface area contributed by atoms with E-state index in [1.54, 1.807) is 11.3 Å². The molecule has 7 heteroatoms. The Morgan fingerprint density at radius 2 is 1.96 bits per heavy atom. The van der Waals surface area contributed by atoms with E-state index in [9.17, 15) is 4.79 Å². The van der Waals surface area contributed by atoms with Crippen LogP contribution in [0.25, 0.3) is 21.7 Å². The molecule has 0 aliphatic rings. The van der Waals surface area contributed by atoms with Crippen LogP contribution in [0.15, 0.2) is 28.7 Å². The van der Waals surface area contributed by atoms with Gasteiger partial charge >= 0.3 is 0 Å². The van der Waals surface area contributed by atoms with E-state index in [0.29, 0.717) is 16.7 Å². The molecule has 3 aromatic heterocycles. The SMILES string of the molecule is Cc1cc(C)c2c(C)c(C(=O)Nc3nc(-c4ccc(C)s4)ns3)oc2c1. The predicted molar refractivity (Wildman–Crippen MR) is 106 cm³/mol. The van der Waals surface area contributed by atoms with Crippen molar-refractivity contribution in [2.75, 3.05) is 5.32 Å². The first-order chi connectivity index (χ1) is 12.4. The summed E-state index contributed by atoms with van der Waals surface area (Å²) < 4.78 is 10.2. The minimum atomic E-state index is -0.305. The second kappa shape index (κ2) is 6.34. The first kappa shape index (κ1) is 16.9. The number of furan rings is 1. The van der Waals surface area contributed by atoms with Gasteiger partial charge in [-0.15, -0.1) is 11.3 Å². The van der Waals surface area contributed by atoms with Crippen LogP contribution in [0.4, 0.5) is 5.13 Å². The lowest BCUT2D eigenvalue weighted by molar-refractivity contribution is 0.0998. The van der Waals surface area contributed by atoms with Crippen molar-refractivity contribution in [1.82, 2.24) is 9.36 Å². The maximum Gasteiger partial charge on any atom is 0.293 e. The van der Waals surface area contributed by atoms with E-state index in [2.05, 4.69) is 20.7 Å². The number of carbonyl (C=O) groups excluding carboxylic acids is 1. The van der Waals surface area contributed by atoms with Crippen molar-refractivity contribution in [3.05, 3.63) is 51.6 Å². The number of hydrogen-bond acceptors (Lipinski definition) is 6. The third kappa shape index (κ3) is 2.93. The molecule has 132 valence electrons. The van der Waals surface area contributed by atoms with Crippen molar-refractivity contribution in [3.63, 3.8) is 0 Å². The average Bonchev–Trinajstić information content (AvgIpc) is 3.26. The topological polar surface area (TPSA) is 68.0 Å². The fourth-order valence-corrected chi connectivity index (χ4v) is 4.53. The zero-order valence-corrected chi connectivity index (χ0v) is 16.5. The number of aromatic nitrogens is 2. The number of rotatable bonds is 3. The molecule has 4 rings (SSSR count). The third-order valence-electron chi connectivity index (χ3n) is 4.18. The third-order valence-corrected chi connectivity index (χ3v) is 5.81. The Bertz CT molecular complexity index is 1140. The van der Waals surface area contributed by atoms with E-state index in [1.165, 1.54) is 16.4 Å². The molecule has 0 aliphatic carbocycles. The van der Waals surface area contributed by atoms with Crippen LogP contribution < -0.4 is 5.32 Å². The largest absolute Gasteiger partial charge is 0.451 e. The summed E-state index contributed by atoms with van der Waals surface area (Å²) in [5.74, 6) is 0.648. The van der Waals surface area contributed by atoms with E-state index in [0.717, 1.165) is 32.5 Å². The summed E-state index contributed by atoms with van der Waals surface area (Å²) in [5, 5.41) is 4.26. The summed E-state index contributed by atoms with van der Waals surface area (Å²) in [7, 11) is 0. The van der Waals surface area contributed by atoms with Gasteiger partial charge in [0, 0.05) is 27.4 Å². The molecule has 1 amide bonds. The predicted octanol–water partition coefficient (Wildman–Crippen LogP) is 5.50. The van der Waals surface area contributed by atoms with Gasteiger partial charge in [0.2, 0.25) is 5.13 Å². The van der Waals surface area contributed by atoms with Crippen LogP contribution in [-0.2, 0) is 0 Å². The van der Waals surface area contributed by atoms with Gasteiger partial charge in [-0.3, -0.25) is 10.1 Å². The Labute approximate surface area is 158 Å². The van der Waals surface area contributed by atoms with Gasteiger partial charge in [0.1, 0.15) is 5.58 Å². The molecule has 0 radical (unpaired) electrons. The van der Waals surface area contributed by atoms with E-state index >= 15 is 0 Å². The highest BCUT2D eigenvalue weighted by Crippen LogP contribution is 2.31. The van der Waals surface area contributed by atoms with Crippen LogP contribution >= 0.6 is 22.9 Å². The van der Waals surface area contributed by atoms with Crippen molar-refractivity contribution >= 4 is 44.9 Å². The number of amides is 1. The number of aryl methyl sites for hydroxylation is 4. The molecule has 0 fully saturated rings. The summed E-state index contributed by atoms with van der Waals surface area (Å²) in [4.78, 5) is 19.3. The highest BCUT2D eigenvalue weighted by molar-refractivity contribution is 7.15. The number of thiophene rings is 1.